The van der Waals surface area contributed by atoms with Crippen molar-refractivity contribution in [2.24, 2.45) is 0 Å². The quantitative estimate of drug-likeness (QED) is 0.887. The summed E-state index contributed by atoms with van der Waals surface area (Å²) in [5, 5.41) is 6.10. The first-order chi connectivity index (χ1) is 9.61. The lowest BCUT2D eigenvalue weighted by Gasteiger charge is -2.23. The summed E-state index contributed by atoms with van der Waals surface area (Å²) in [6.45, 7) is 4.05. The first-order valence-electron chi connectivity index (χ1n) is 7.47. The highest BCUT2D eigenvalue weighted by molar-refractivity contribution is 5.97. The van der Waals surface area contributed by atoms with E-state index < -0.39 is 0 Å². The zero-order valence-electron chi connectivity index (χ0n) is 12.6. The van der Waals surface area contributed by atoms with Gasteiger partial charge in [-0.25, -0.2) is 9.97 Å². The minimum Gasteiger partial charge on any atom is -0.385 e. The summed E-state index contributed by atoms with van der Waals surface area (Å²) in [7, 11) is 1.78. The molecule has 110 valence electrons. The van der Waals surface area contributed by atoms with Gasteiger partial charge in [-0.3, -0.25) is 4.79 Å². The molecular formula is C15H24N4O. The van der Waals surface area contributed by atoms with Crippen LogP contribution in [0.3, 0.4) is 0 Å². The summed E-state index contributed by atoms with van der Waals surface area (Å²) < 4.78 is 0. The van der Waals surface area contributed by atoms with E-state index in [0.29, 0.717) is 23.2 Å². The summed E-state index contributed by atoms with van der Waals surface area (Å²) >= 11 is 0. The van der Waals surface area contributed by atoms with Crippen molar-refractivity contribution in [1.82, 2.24) is 15.3 Å². The van der Waals surface area contributed by atoms with Gasteiger partial charge in [0.25, 0.3) is 5.91 Å². The Morgan fingerprint density at radius 2 is 2.00 bits per heavy atom. The molecule has 1 aromatic heterocycles. The maximum absolute atomic E-state index is 12.4. The molecule has 0 bridgehead atoms. The van der Waals surface area contributed by atoms with Gasteiger partial charge in [0.2, 0.25) is 0 Å². The molecule has 0 unspecified atom stereocenters. The van der Waals surface area contributed by atoms with Crippen molar-refractivity contribution in [1.29, 1.82) is 0 Å². The molecule has 5 nitrogen and oxygen atoms in total. The van der Waals surface area contributed by atoms with Gasteiger partial charge >= 0.3 is 0 Å². The summed E-state index contributed by atoms with van der Waals surface area (Å²) in [6, 6.07) is 0.290. The second-order valence-corrected chi connectivity index (χ2v) is 5.70. The molecule has 1 saturated carbocycles. The van der Waals surface area contributed by atoms with E-state index in [1.807, 2.05) is 13.8 Å². The molecule has 0 saturated heterocycles. The molecule has 1 amide bonds. The van der Waals surface area contributed by atoms with Crippen LogP contribution in [0.2, 0.25) is 0 Å². The van der Waals surface area contributed by atoms with Crippen LogP contribution in [0.4, 0.5) is 5.69 Å². The van der Waals surface area contributed by atoms with Gasteiger partial charge in [-0.15, -0.1) is 0 Å². The smallest absolute Gasteiger partial charge is 0.272 e. The molecule has 0 atom stereocenters. The van der Waals surface area contributed by atoms with Crippen LogP contribution < -0.4 is 10.6 Å². The standard InChI is InChI=1S/C15H24N4O/c1-10(2)14-17-9-12(16-3)13(19-14)15(20)18-11-7-5-4-6-8-11/h9-11,16H,4-8H2,1-3H3,(H,18,20). The summed E-state index contributed by atoms with van der Waals surface area (Å²) in [4.78, 5) is 21.1. The maximum Gasteiger partial charge on any atom is 0.272 e. The zero-order chi connectivity index (χ0) is 14.5. The minimum absolute atomic E-state index is 0.0921. The fourth-order valence-corrected chi connectivity index (χ4v) is 2.53. The number of carbonyl (C=O) groups excluding carboxylic acids is 1. The van der Waals surface area contributed by atoms with Crippen molar-refractivity contribution >= 4 is 11.6 Å². The number of hydrogen-bond acceptors (Lipinski definition) is 4. The monoisotopic (exact) mass is 276 g/mol. The average molecular weight is 276 g/mol. The van der Waals surface area contributed by atoms with Gasteiger partial charge in [0.05, 0.1) is 11.9 Å². The molecule has 2 N–H and O–H groups in total. The molecular weight excluding hydrogens is 252 g/mol. The first-order valence-corrected chi connectivity index (χ1v) is 7.47. The number of hydrogen-bond donors (Lipinski definition) is 2. The van der Waals surface area contributed by atoms with Crippen molar-refractivity contribution in [2.75, 3.05) is 12.4 Å². The van der Waals surface area contributed by atoms with E-state index in [2.05, 4.69) is 20.6 Å². The molecule has 2 rings (SSSR count). The molecule has 0 aliphatic heterocycles. The Morgan fingerprint density at radius 3 is 2.60 bits per heavy atom. The van der Waals surface area contributed by atoms with Gasteiger partial charge in [0, 0.05) is 19.0 Å². The van der Waals surface area contributed by atoms with Crippen LogP contribution in [0.1, 0.15) is 68.2 Å². The topological polar surface area (TPSA) is 66.9 Å². The molecule has 5 heteroatoms. The van der Waals surface area contributed by atoms with E-state index in [-0.39, 0.29) is 11.8 Å². The normalized spacial score (nSPS) is 16.2. The Balaban J connectivity index is 2.16. The van der Waals surface area contributed by atoms with Gasteiger partial charge in [-0.05, 0) is 12.8 Å². The molecule has 1 fully saturated rings. The molecule has 1 aliphatic carbocycles. The molecule has 1 heterocycles. The van der Waals surface area contributed by atoms with E-state index in [1.165, 1.54) is 19.3 Å². The molecule has 1 aromatic rings. The van der Waals surface area contributed by atoms with Crippen molar-refractivity contribution in [2.45, 2.75) is 57.9 Å². The van der Waals surface area contributed by atoms with Gasteiger partial charge < -0.3 is 10.6 Å². The second-order valence-electron chi connectivity index (χ2n) is 5.70. The molecule has 20 heavy (non-hydrogen) atoms. The Labute approximate surface area is 120 Å². The maximum atomic E-state index is 12.4. The Hall–Kier alpha value is -1.65. The summed E-state index contributed by atoms with van der Waals surface area (Å²) in [5.74, 6) is 0.825. The Bertz CT molecular complexity index is 467. The minimum atomic E-state index is -0.0921. The predicted octanol–water partition coefficient (Wildman–Crippen LogP) is 2.70. The molecule has 0 radical (unpaired) electrons. The van der Waals surface area contributed by atoms with Crippen molar-refractivity contribution in [3.8, 4) is 0 Å². The SMILES string of the molecule is CNc1cnc(C(C)C)nc1C(=O)NC1CCCCC1. The number of aromatic nitrogens is 2. The third-order valence-corrected chi connectivity index (χ3v) is 3.75. The summed E-state index contributed by atoms with van der Waals surface area (Å²) in [6.07, 6.45) is 7.51. The fourth-order valence-electron chi connectivity index (χ4n) is 2.53. The second kappa shape index (κ2) is 6.68. The largest absolute Gasteiger partial charge is 0.385 e. The number of anilines is 1. The molecule has 1 aliphatic rings. The zero-order valence-corrected chi connectivity index (χ0v) is 12.6. The Morgan fingerprint density at radius 1 is 1.30 bits per heavy atom. The number of carbonyl (C=O) groups is 1. The lowest BCUT2D eigenvalue weighted by Crippen LogP contribution is -2.37. The van der Waals surface area contributed by atoms with E-state index in [1.54, 1.807) is 13.2 Å². The third-order valence-electron chi connectivity index (χ3n) is 3.75. The van der Waals surface area contributed by atoms with Crippen LogP contribution in [0.15, 0.2) is 6.20 Å². The molecule has 0 spiro atoms. The number of amides is 1. The summed E-state index contributed by atoms with van der Waals surface area (Å²) in [5.41, 5.74) is 1.14. The van der Waals surface area contributed by atoms with Gasteiger partial charge in [0.1, 0.15) is 5.82 Å². The Kier molecular flexibility index (Phi) is 4.93. The first kappa shape index (κ1) is 14.8. The third kappa shape index (κ3) is 3.46. The van der Waals surface area contributed by atoms with Crippen LogP contribution in [0.25, 0.3) is 0 Å². The molecule has 0 aromatic carbocycles. The van der Waals surface area contributed by atoms with Crippen LogP contribution in [0, 0.1) is 0 Å². The van der Waals surface area contributed by atoms with Gasteiger partial charge in [0.15, 0.2) is 5.69 Å². The van der Waals surface area contributed by atoms with E-state index in [4.69, 9.17) is 0 Å². The number of nitrogens with one attached hydrogen (secondary N) is 2. The van der Waals surface area contributed by atoms with Crippen molar-refractivity contribution in [3.05, 3.63) is 17.7 Å². The fraction of sp³-hybridized carbons (Fsp3) is 0.667. The number of nitrogens with zero attached hydrogens (tertiary/aromatic N) is 2. The van der Waals surface area contributed by atoms with Gasteiger partial charge in [-0.2, -0.15) is 0 Å². The van der Waals surface area contributed by atoms with Crippen LogP contribution in [-0.2, 0) is 0 Å². The van der Waals surface area contributed by atoms with Crippen LogP contribution in [0.5, 0.6) is 0 Å². The number of rotatable bonds is 4. The average Bonchev–Trinajstić information content (AvgIpc) is 2.47. The van der Waals surface area contributed by atoms with E-state index in [9.17, 15) is 4.79 Å². The highest BCUT2D eigenvalue weighted by Gasteiger charge is 2.20. The van der Waals surface area contributed by atoms with E-state index >= 15 is 0 Å². The lowest BCUT2D eigenvalue weighted by molar-refractivity contribution is 0.0923. The van der Waals surface area contributed by atoms with Crippen molar-refractivity contribution < 1.29 is 4.79 Å². The lowest BCUT2D eigenvalue weighted by atomic mass is 9.95. The van der Waals surface area contributed by atoms with Crippen LogP contribution in [-0.4, -0.2) is 29.0 Å². The highest BCUT2D eigenvalue weighted by Crippen LogP contribution is 2.20. The van der Waals surface area contributed by atoms with Crippen LogP contribution >= 0.6 is 0 Å². The highest BCUT2D eigenvalue weighted by atomic mass is 16.2. The predicted molar refractivity (Wildman–Crippen MR) is 80.0 cm³/mol. The van der Waals surface area contributed by atoms with E-state index in [0.717, 1.165) is 12.8 Å². The van der Waals surface area contributed by atoms with Crippen molar-refractivity contribution in [3.63, 3.8) is 0 Å². The van der Waals surface area contributed by atoms with Gasteiger partial charge in [-0.1, -0.05) is 33.1 Å².